The van der Waals surface area contributed by atoms with Gasteiger partial charge in [-0.1, -0.05) is 31.9 Å². The van der Waals surface area contributed by atoms with Crippen molar-refractivity contribution in [2.45, 2.75) is 45.1 Å². The van der Waals surface area contributed by atoms with Gasteiger partial charge in [0.1, 0.15) is 5.75 Å². The van der Waals surface area contributed by atoms with Crippen molar-refractivity contribution in [3.05, 3.63) is 42.0 Å². The summed E-state index contributed by atoms with van der Waals surface area (Å²) in [5.74, 6) is 0.340. The number of imide groups is 1. The zero-order chi connectivity index (χ0) is 24.0. The summed E-state index contributed by atoms with van der Waals surface area (Å²) in [6, 6.07) is 6.06. The van der Waals surface area contributed by atoms with Crippen LogP contribution < -0.4 is 4.74 Å². The molecule has 1 aliphatic heterocycles. The number of likely N-dealkylation sites (tertiary alicyclic amines) is 1. The lowest BCUT2D eigenvalue weighted by molar-refractivity contribution is -0.148. The highest BCUT2D eigenvalue weighted by Crippen LogP contribution is 2.65. The van der Waals surface area contributed by atoms with Crippen LogP contribution in [0.2, 0.25) is 0 Å². The Hall–Kier alpha value is -2.96. The highest BCUT2D eigenvalue weighted by molar-refractivity contribution is 6.07. The molecule has 2 amide bonds. The van der Waals surface area contributed by atoms with E-state index in [1.54, 1.807) is 31.4 Å². The maximum Gasteiger partial charge on any atom is 0.308 e. The number of esters is 1. The highest BCUT2D eigenvalue weighted by Gasteiger charge is 2.67. The maximum absolute atomic E-state index is 13.4. The number of hydrogen-bond donors (Lipinski definition) is 0. The van der Waals surface area contributed by atoms with E-state index in [1.807, 2.05) is 6.92 Å². The number of ketones is 1. The van der Waals surface area contributed by atoms with Crippen LogP contribution >= 0.6 is 0 Å². The van der Waals surface area contributed by atoms with Crippen molar-refractivity contribution in [3.8, 4) is 5.75 Å². The van der Waals surface area contributed by atoms with E-state index in [0.717, 1.165) is 19.3 Å². The minimum absolute atomic E-state index is 0.0809. The first-order valence-corrected chi connectivity index (χ1v) is 12.3. The number of unbranched alkanes of at least 4 members (excludes halogenated alkanes) is 1. The van der Waals surface area contributed by atoms with Crippen LogP contribution in [-0.2, 0) is 19.1 Å². The first-order chi connectivity index (χ1) is 16.4. The fraction of sp³-hybridized carbons (Fsp3) is 0.556. The molecule has 5 aliphatic rings. The van der Waals surface area contributed by atoms with Gasteiger partial charge < -0.3 is 9.47 Å². The summed E-state index contributed by atoms with van der Waals surface area (Å²) in [6.45, 7) is 1.66. The SMILES string of the molecule is CCCC[C@H](CC(=O)OCC(=O)c1ccc(OC)cc1)N1C(=O)[C@@H]2[C@H]3C=C[C@@H]([C@@H]4C[C@H]34)[C@H]2C1=O. The molecular formula is C27H31NO6. The molecule has 7 heteroatoms. The second kappa shape index (κ2) is 9.01. The second-order valence-corrected chi connectivity index (χ2v) is 10.0. The number of allylic oxidation sites excluding steroid dienone is 2. The zero-order valence-electron chi connectivity index (χ0n) is 19.6. The van der Waals surface area contributed by atoms with Gasteiger partial charge in [0.2, 0.25) is 11.8 Å². The van der Waals surface area contributed by atoms with Crippen LogP contribution in [0.15, 0.2) is 36.4 Å². The number of ether oxygens (including phenoxy) is 2. The molecule has 0 aromatic heterocycles. The molecule has 1 aromatic carbocycles. The number of nitrogens with zero attached hydrogens (tertiary/aromatic N) is 1. The van der Waals surface area contributed by atoms with Crippen LogP contribution in [-0.4, -0.2) is 48.2 Å². The molecule has 4 aliphatic carbocycles. The number of carbonyl (C=O) groups excluding carboxylic acids is 4. The Balaban J connectivity index is 1.24. The van der Waals surface area contributed by atoms with Crippen LogP contribution in [0, 0.1) is 35.5 Å². The number of methoxy groups -OCH3 is 1. The Morgan fingerprint density at radius 2 is 1.65 bits per heavy atom. The van der Waals surface area contributed by atoms with Gasteiger partial charge in [0.15, 0.2) is 12.4 Å². The molecule has 0 radical (unpaired) electrons. The number of carbonyl (C=O) groups is 4. The van der Waals surface area contributed by atoms with E-state index in [9.17, 15) is 19.2 Å². The molecule has 3 fully saturated rings. The van der Waals surface area contributed by atoms with Crippen molar-refractivity contribution in [3.63, 3.8) is 0 Å². The predicted octanol–water partition coefficient (Wildman–Crippen LogP) is 3.42. The Bertz CT molecular complexity index is 994. The number of hydrogen-bond acceptors (Lipinski definition) is 6. The molecule has 2 saturated carbocycles. The third-order valence-electron chi connectivity index (χ3n) is 8.13. The Morgan fingerprint density at radius 3 is 2.21 bits per heavy atom. The third kappa shape index (κ3) is 3.85. The van der Waals surface area contributed by atoms with E-state index >= 15 is 0 Å². The zero-order valence-corrected chi connectivity index (χ0v) is 19.6. The van der Waals surface area contributed by atoms with Gasteiger partial charge in [0.05, 0.1) is 31.4 Å². The van der Waals surface area contributed by atoms with Crippen molar-refractivity contribution < 1.29 is 28.7 Å². The Kier molecular flexibility index (Phi) is 6.04. The van der Waals surface area contributed by atoms with Gasteiger partial charge in [-0.15, -0.1) is 0 Å². The molecule has 180 valence electrons. The quantitative estimate of drug-likeness (QED) is 0.228. The van der Waals surface area contributed by atoms with Crippen molar-refractivity contribution in [1.29, 1.82) is 0 Å². The van der Waals surface area contributed by atoms with Crippen LogP contribution in [0.1, 0.15) is 49.4 Å². The summed E-state index contributed by atoms with van der Waals surface area (Å²) in [5.41, 5.74) is 0.423. The van der Waals surface area contributed by atoms with E-state index in [2.05, 4.69) is 12.2 Å². The van der Waals surface area contributed by atoms with Gasteiger partial charge in [-0.2, -0.15) is 0 Å². The van der Waals surface area contributed by atoms with E-state index in [1.165, 1.54) is 4.90 Å². The van der Waals surface area contributed by atoms with Crippen LogP contribution in [0.25, 0.3) is 0 Å². The summed E-state index contributed by atoms with van der Waals surface area (Å²) in [5, 5.41) is 0. The lowest BCUT2D eigenvalue weighted by atomic mass is 9.63. The summed E-state index contributed by atoms with van der Waals surface area (Å²) in [6.07, 6.45) is 7.58. The molecular weight excluding hydrogens is 434 g/mol. The number of benzene rings is 1. The number of amides is 2. The van der Waals surface area contributed by atoms with Gasteiger partial charge >= 0.3 is 5.97 Å². The Labute approximate surface area is 199 Å². The average Bonchev–Trinajstić information content (AvgIpc) is 3.63. The molecule has 2 bridgehead atoms. The van der Waals surface area contributed by atoms with Crippen LogP contribution in [0.4, 0.5) is 0 Å². The summed E-state index contributed by atoms with van der Waals surface area (Å²) in [4.78, 5) is 53.4. The Morgan fingerprint density at radius 1 is 1.03 bits per heavy atom. The minimum atomic E-state index is -0.567. The molecule has 1 aromatic rings. The molecule has 0 N–H and O–H groups in total. The van der Waals surface area contributed by atoms with Crippen LogP contribution in [0.5, 0.6) is 5.75 Å². The third-order valence-corrected chi connectivity index (χ3v) is 8.13. The fourth-order valence-corrected chi connectivity index (χ4v) is 6.36. The molecule has 7 atom stereocenters. The monoisotopic (exact) mass is 465 g/mol. The van der Waals surface area contributed by atoms with Crippen molar-refractivity contribution in [2.75, 3.05) is 13.7 Å². The molecule has 1 heterocycles. The van der Waals surface area contributed by atoms with Crippen molar-refractivity contribution in [1.82, 2.24) is 4.90 Å². The van der Waals surface area contributed by atoms with E-state index in [4.69, 9.17) is 9.47 Å². The number of rotatable bonds is 10. The normalized spacial score (nSPS) is 31.2. The topological polar surface area (TPSA) is 90.0 Å². The maximum atomic E-state index is 13.4. The van der Waals surface area contributed by atoms with Gasteiger partial charge in [-0.05, 0) is 60.8 Å². The molecule has 6 rings (SSSR count). The molecule has 0 spiro atoms. The smallest absolute Gasteiger partial charge is 0.308 e. The van der Waals surface area contributed by atoms with Crippen molar-refractivity contribution >= 4 is 23.6 Å². The van der Waals surface area contributed by atoms with Gasteiger partial charge in [-0.25, -0.2) is 0 Å². The lowest BCUT2D eigenvalue weighted by Crippen LogP contribution is -2.42. The largest absolute Gasteiger partial charge is 0.497 e. The average molecular weight is 466 g/mol. The molecule has 0 unspecified atom stereocenters. The highest BCUT2D eigenvalue weighted by atomic mass is 16.5. The van der Waals surface area contributed by atoms with Gasteiger partial charge in [0.25, 0.3) is 0 Å². The standard InChI is InChI=1S/C27H31NO6/c1-3-4-5-16(12-23(30)34-14-22(29)15-6-8-17(33-2)9-7-15)28-26(31)24-18-10-11-19(21-13-20(18)21)25(24)27(28)32/h6-11,16,18-21,24-25H,3-5,12-14H2,1-2H3/t16-,18+,19+,20-,21+,24-,25-/m1/s1. The summed E-state index contributed by atoms with van der Waals surface area (Å²) < 4.78 is 10.4. The molecule has 34 heavy (non-hydrogen) atoms. The van der Waals surface area contributed by atoms with E-state index < -0.39 is 12.0 Å². The predicted molar refractivity (Wildman–Crippen MR) is 123 cm³/mol. The van der Waals surface area contributed by atoms with E-state index in [-0.39, 0.29) is 54.3 Å². The first-order valence-electron chi connectivity index (χ1n) is 12.3. The fourth-order valence-electron chi connectivity index (χ4n) is 6.36. The molecule has 7 nitrogen and oxygen atoms in total. The van der Waals surface area contributed by atoms with Gasteiger partial charge in [-0.3, -0.25) is 24.1 Å². The lowest BCUT2D eigenvalue weighted by Gasteiger charge is -2.37. The van der Waals surface area contributed by atoms with Gasteiger partial charge in [0, 0.05) is 5.56 Å². The summed E-state index contributed by atoms with van der Waals surface area (Å²) >= 11 is 0. The van der Waals surface area contributed by atoms with Crippen molar-refractivity contribution in [2.24, 2.45) is 35.5 Å². The van der Waals surface area contributed by atoms with Crippen LogP contribution in [0.3, 0.4) is 0 Å². The first kappa shape index (κ1) is 22.8. The van der Waals surface area contributed by atoms with E-state index in [0.29, 0.717) is 29.6 Å². The number of Topliss-reactive ketones (excluding diaryl/α,β-unsaturated/α-hetero) is 1. The molecule has 1 saturated heterocycles. The second-order valence-electron chi connectivity index (χ2n) is 10.0. The summed E-state index contributed by atoms with van der Waals surface area (Å²) in [7, 11) is 1.54. The minimum Gasteiger partial charge on any atom is -0.497 e.